The van der Waals surface area contributed by atoms with Gasteiger partial charge in [0, 0.05) is 0 Å². The molecule has 0 heteroatoms. The SMILES string of the molecule is C.C/C=C/c1ccc(/C=C/C)cc1.CC.CC. The molecule has 0 saturated carbocycles. The van der Waals surface area contributed by atoms with Gasteiger partial charge in [-0.3, -0.25) is 0 Å². The van der Waals surface area contributed by atoms with Crippen LogP contribution < -0.4 is 0 Å². The van der Waals surface area contributed by atoms with Crippen molar-refractivity contribution < 1.29 is 0 Å². The number of rotatable bonds is 2. The van der Waals surface area contributed by atoms with Crippen LogP contribution in [0.1, 0.15) is 60.1 Å². The molecule has 0 saturated heterocycles. The van der Waals surface area contributed by atoms with E-state index in [4.69, 9.17) is 0 Å². The average molecular weight is 234 g/mol. The lowest BCUT2D eigenvalue weighted by Gasteiger charge is -1.94. The van der Waals surface area contributed by atoms with Gasteiger partial charge in [-0.15, -0.1) is 0 Å². The Balaban J connectivity index is -0.000000355. The zero-order chi connectivity index (χ0) is 12.8. The second-order valence-corrected chi connectivity index (χ2v) is 2.67. The number of allylic oxidation sites excluding steroid dienone is 2. The van der Waals surface area contributed by atoms with Crippen molar-refractivity contribution in [1.82, 2.24) is 0 Å². The molecule has 0 atom stereocenters. The van der Waals surface area contributed by atoms with Crippen LogP contribution in [0.15, 0.2) is 36.4 Å². The van der Waals surface area contributed by atoms with Gasteiger partial charge in [0.05, 0.1) is 0 Å². The van der Waals surface area contributed by atoms with Gasteiger partial charge in [0.25, 0.3) is 0 Å². The molecule has 0 aliphatic carbocycles. The maximum absolute atomic E-state index is 2.12. The molecule has 0 aliphatic rings. The first-order chi connectivity index (χ1) is 7.86. The van der Waals surface area contributed by atoms with Crippen LogP contribution in [0, 0.1) is 0 Å². The number of hydrogen-bond donors (Lipinski definition) is 0. The molecule has 0 spiro atoms. The van der Waals surface area contributed by atoms with Gasteiger partial charge < -0.3 is 0 Å². The molecule has 0 unspecified atom stereocenters. The average Bonchev–Trinajstić information content (AvgIpc) is 2.37. The largest absolute Gasteiger partial charge is 0.0871 e. The maximum atomic E-state index is 2.12. The summed E-state index contributed by atoms with van der Waals surface area (Å²) in [5.41, 5.74) is 2.51. The lowest BCUT2D eigenvalue weighted by molar-refractivity contribution is 1.50. The fourth-order valence-electron chi connectivity index (χ4n) is 1.10. The molecule has 1 aromatic carbocycles. The smallest absolute Gasteiger partial charge is 0.0260 e. The van der Waals surface area contributed by atoms with E-state index < -0.39 is 0 Å². The quantitative estimate of drug-likeness (QED) is 0.552. The Morgan fingerprint density at radius 1 is 0.647 bits per heavy atom. The summed E-state index contributed by atoms with van der Waals surface area (Å²) in [5.74, 6) is 0. The van der Waals surface area contributed by atoms with Crippen LogP contribution >= 0.6 is 0 Å². The normalized spacial score (nSPS) is 8.82. The van der Waals surface area contributed by atoms with Gasteiger partial charge >= 0.3 is 0 Å². The first-order valence-electron chi connectivity index (χ1n) is 6.22. The fourth-order valence-corrected chi connectivity index (χ4v) is 1.10. The van der Waals surface area contributed by atoms with Gasteiger partial charge in [0.2, 0.25) is 0 Å². The highest BCUT2D eigenvalue weighted by Gasteiger charge is 1.85. The zero-order valence-corrected chi connectivity index (χ0v) is 11.6. The molecule has 0 bridgehead atoms. The van der Waals surface area contributed by atoms with Gasteiger partial charge in [-0.2, -0.15) is 0 Å². The molecule has 0 nitrogen and oxygen atoms in total. The third kappa shape index (κ3) is 11.0. The Morgan fingerprint density at radius 3 is 1.06 bits per heavy atom. The molecule has 0 heterocycles. The van der Waals surface area contributed by atoms with Crippen LogP contribution in [0.5, 0.6) is 0 Å². The Hall–Kier alpha value is -1.30. The summed E-state index contributed by atoms with van der Waals surface area (Å²) < 4.78 is 0. The van der Waals surface area contributed by atoms with Gasteiger partial charge in [0.1, 0.15) is 0 Å². The van der Waals surface area contributed by atoms with E-state index in [0.29, 0.717) is 0 Å². The lowest BCUT2D eigenvalue weighted by atomic mass is 10.1. The molecule has 0 fully saturated rings. The highest BCUT2D eigenvalue weighted by Crippen LogP contribution is 2.07. The number of hydrogen-bond acceptors (Lipinski definition) is 0. The fraction of sp³-hybridized carbons (Fsp3) is 0.412. The first kappa shape index (κ1) is 21.0. The Morgan fingerprint density at radius 2 is 0.882 bits per heavy atom. The van der Waals surface area contributed by atoms with Crippen molar-refractivity contribution in [3.8, 4) is 0 Å². The highest BCUT2D eigenvalue weighted by atomic mass is 13.9. The van der Waals surface area contributed by atoms with Crippen molar-refractivity contribution in [3.05, 3.63) is 47.5 Å². The highest BCUT2D eigenvalue weighted by molar-refractivity contribution is 5.55. The van der Waals surface area contributed by atoms with Crippen molar-refractivity contribution in [2.45, 2.75) is 49.0 Å². The molecule has 17 heavy (non-hydrogen) atoms. The summed E-state index contributed by atoms with van der Waals surface area (Å²) in [7, 11) is 0. The van der Waals surface area contributed by atoms with Crippen LogP contribution in [0.3, 0.4) is 0 Å². The predicted octanol–water partition coefficient (Wildman–Crippen LogP) is 6.44. The minimum atomic E-state index is 0. The summed E-state index contributed by atoms with van der Waals surface area (Å²) in [6.07, 6.45) is 8.29. The summed E-state index contributed by atoms with van der Waals surface area (Å²) in [6, 6.07) is 8.48. The van der Waals surface area contributed by atoms with E-state index in [1.165, 1.54) is 11.1 Å². The summed E-state index contributed by atoms with van der Waals surface area (Å²) in [4.78, 5) is 0. The second kappa shape index (κ2) is 17.1. The van der Waals surface area contributed by atoms with E-state index in [0.717, 1.165) is 0 Å². The molecule has 0 N–H and O–H groups in total. The minimum absolute atomic E-state index is 0. The molecule has 1 rings (SSSR count). The molecule has 0 aromatic heterocycles. The van der Waals surface area contributed by atoms with E-state index >= 15 is 0 Å². The standard InChI is InChI=1S/C12H14.2C2H6.CH4/c1-3-5-11-7-9-12(6-4-2)10-8-11;2*1-2;/h3-10H,1-2H3;2*1-2H3;1H4/b5-3+,6-4+;;;. The molecule has 1 aromatic rings. The third-order valence-corrected chi connectivity index (χ3v) is 1.65. The molecule has 0 radical (unpaired) electrons. The van der Waals surface area contributed by atoms with Crippen LogP contribution in [0.4, 0.5) is 0 Å². The van der Waals surface area contributed by atoms with E-state index in [1.807, 2.05) is 53.7 Å². The Labute approximate surface area is 109 Å². The van der Waals surface area contributed by atoms with Crippen LogP contribution in [0.25, 0.3) is 12.2 Å². The van der Waals surface area contributed by atoms with Crippen LogP contribution in [-0.2, 0) is 0 Å². The van der Waals surface area contributed by atoms with Crippen molar-refractivity contribution >= 4 is 12.2 Å². The predicted molar refractivity (Wildman–Crippen MR) is 85.3 cm³/mol. The van der Waals surface area contributed by atoms with Crippen molar-refractivity contribution in [2.24, 2.45) is 0 Å². The second-order valence-electron chi connectivity index (χ2n) is 2.67. The van der Waals surface area contributed by atoms with Crippen molar-refractivity contribution in [3.63, 3.8) is 0 Å². The molecule has 0 aliphatic heterocycles. The molecular formula is C17H30. The monoisotopic (exact) mass is 234 g/mol. The minimum Gasteiger partial charge on any atom is -0.0871 e. The van der Waals surface area contributed by atoms with Crippen LogP contribution in [-0.4, -0.2) is 0 Å². The van der Waals surface area contributed by atoms with Gasteiger partial charge in [-0.25, -0.2) is 0 Å². The number of benzene rings is 1. The van der Waals surface area contributed by atoms with Gasteiger partial charge in [-0.1, -0.05) is 83.7 Å². The van der Waals surface area contributed by atoms with Gasteiger partial charge in [0.15, 0.2) is 0 Å². The lowest BCUT2D eigenvalue weighted by Crippen LogP contribution is -1.73. The Kier molecular flexibility index (Phi) is 21.2. The molecule has 98 valence electrons. The van der Waals surface area contributed by atoms with E-state index in [-0.39, 0.29) is 7.43 Å². The maximum Gasteiger partial charge on any atom is -0.0260 e. The van der Waals surface area contributed by atoms with Crippen molar-refractivity contribution in [1.29, 1.82) is 0 Å². The third-order valence-electron chi connectivity index (χ3n) is 1.65. The van der Waals surface area contributed by atoms with Crippen molar-refractivity contribution in [2.75, 3.05) is 0 Å². The topological polar surface area (TPSA) is 0 Å². The van der Waals surface area contributed by atoms with E-state index in [9.17, 15) is 0 Å². The summed E-state index contributed by atoms with van der Waals surface area (Å²) in [6.45, 7) is 12.1. The summed E-state index contributed by atoms with van der Waals surface area (Å²) >= 11 is 0. The first-order valence-corrected chi connectivity index (χ1v) is 6.22. The Bertz CT molecular complexity index is 244. The molecule has 0 amide bonds. The molecular weight excluding hydrogens is 204 g/mol. The van der Waals surface area contributed by atoms with E-state index in [2.05, 4.69) is 36.4 Å². The zero-order valence-electron chi connectivity index (χ0n) is 11.6. The summed E-state index contributed by atoms with van der Waals surface area (Å²) in [5, 5.41) is 0. The van der Waals surface area contributed by atoms with Gasteiger partial charge in [-0.05, 0) is 25.0 Å². The van der Waals surface area contributed by atoms with Crippen LogP contribution in [0.2, 0.25) is 0 Å². The van der Waals surface area contributed by atoms with E-state index in [1.54, 1.807) is 0 Å².